The molecule has 2 unspecified atom stereocenters. The molecule has 2 aromatic heterocycles. The third-order valence-electron chi connectivity index (χ3n) is 4.82. The third kappa shape index (κ3) is 1.56. The van der Waals surface area contributed by atoms with Gasteiger partial charge in [0, 0.05) is 13.1 Å². The van der Waals surface area contributed by atoms with Crippen molar-refractivity contribution in [1.82, 2.24) is 19.5 Å². The van der Waals surface area contributed by atoms with Gasteiger partial charge in [0.25, 0.3) is 0 Å². The first-order chi connectivity index (χ1) is 10.5. The maximum atomic E-state index is 6.17. The molecule has 0 amide bonds. The SMILES string of the molecule is CC1(C)OCCn2c1nc1c(N3CC4OCC43)nc(Cl)nc12. The molecule has 3 aliphatic rings. The number of hydrogen-bond donors (Lipinski definition) is 0. The highest BCUT2D eigenvalue weighted by atomic mass is 35.5. The Morgan fingerprint density at radius 3 is 2.82 bits per heavy atom. The van der Waals surface area contributed by atoms with Crippen molar-refractivity contribution in [3.63, 3.8) is 0 Å². The van der Waals surface area contributed by atoms with Gasteiger partial charge in [-0.15, -0.1) is 0 Å². The summed E-state index contributed by atoms with van der Waals surface area (Å²) < 4.78 is 13.4. The second-order valence-electron chi connectivity index (χ2n) is 6.53. The number of fused-ring (bicyclic) bond motifs is 4. The monoisotopic (exact) mass is 321 g/mol. The van der Waals surface area contributed by atoms with Crippen molar-refractivity contribution in [3.8, 4) is 0 Å². The first-order valence-electron chi connectivity index (χ1n) is 7.51. The summed E-state index contributed by atoms with van der Waals surface area (Å²) in [7, 11) is 0. The Balaban J connectivity index is 1.72. The van der Waals surface area contributed by atoms with E-state index in [9.17, 15) is 0 Å². The van der Waals surface area contributed by atoms with E-state index in [4.69, 9.17) is 26.1 Å². The molecule has 0 bridgehead atoms. The smallest absolute Gasteiger partial charge is 0.226 e. The van der Waals surface area contributed by atoms with Crippen molar-refractivity contribution in [1.29, 1.82) is 0 Å². The quantitative estimate of drug-likeness (QED) is 0.738. The van der Waals surface area contributed by atoms with Crippen LogP contribution in [0.25, 0.3) is 11.2 Å². The van der Waals surface area contributed by atoms with Gasteiger partial charge < -0.3 is 18.9 Å². The van der Waals surface area contributed by atoms with Crippen molar-refractivity contribution in [2.24, 2.45) is 0 Å². The van der Waals surface area contributed by atoms with Gasteiger partial charge in [-0.3, -0.25) is 0 Å². The van der Waals surface area contributed by atoms with Gasteiger partial charge in [-0.25, -0.2) is 4.98 Å². The lowest BCUT2D eigenvalue weighted by atomic mass is 9.95. The molecule has 0 radical (unpaired) electrons. The Bertz CT molecular complexity index is 789. The lowest BCUT2D eigenvalue weighted by Crippen LogP contribution is -2.71. The van der Waals surface area contributed by atoms with Gasteiger partial charge in [0.15, 0.2) is 17.0 Å². The molecule has 8 heteroatoms. The van der Waals surface area contributed by atoms with Gasteiger partial charge in [0.05, 0.1) is 25.4 Å². The summed E-state index contributed by atoms with van der Waals surface area (Å²) in [4.78, 5) is 15.9. The largest absolute Gasteiger partial charge is 0.372 e. The molecule has 2 fully saturated rings. The maximum Gasteiger partial charge on any atom is 0.226 e. The Kier molecular flexibility index (Phi) is 2.43. The van der Waals surface area contributed by atoms with E-state index in [0.717, 1.165) is 42.5 Å². The van der Waals surface area contributed by atoms with Crippen LogP contribution in [0.1, 0.15) is 19.7 Å². The van der Waals surface area contributed by atoms with Crippen molar-refractivity contribution in [2.45, 2.75) is 38.1 Å². The molecule has 0 aliphatic carbocycles. The Labute approximate surface area is 132 Å². The van der Waals surface area contributed by atoms with Gasteiger partial charge in [0.1, 0.15) is 11.4 Å². The maximum absolute atomic E-state index is 6.17. The Morgan fingerprint density at radius 1 is 1.27 bits per heavy atom. The molecule has 2 atom stereocenters. The van der Waals surface area contributed by atoms with Gasteiger partial charge in [0.2, 0.25) is 5.28 Å². The van der Waals surface area contributed by atoms with Gasteiger partial charge in [-0.1, -0.05) is 0 Å². The van der Waals surface area contributed by atoms with Crippen LogP contribution in [0.2, 0.25) is 5.28 Å². The fourth-order valence-corrected chi connectivity index (χ4v) is 3.67. The number of hydrogen-bond acceptors (Lipinski definition) is 6. The van der Waals surface area contributed by atoms with E-state index in [2.05, 4.69) is 19.4 Å². The summed E-state index contributed by atoms with van der Waals surface area (Å²) in [6, 6.07) is 0.400. The minimum absolute atomic E-state index is 0.262. The second-order valence-corrected chi connectivity index (χ2v) is 6.86. The standard InChI is InChI=1S/C14H16ClN5O2/c1-14(2)12-16-9-10(19(12)3-4-22-14)17-13(15)18-11(9)20-5-8-7(20)6-21-8/h7-8H,3-6H2,1-2H3. The van der Waals surface area contributed by atoms with E-state index in [1.807, 2.05) is 13.8 Å². The highest BCUT2D eigenvalue weighted by molar-refractivity contribution is 6.28. The van der Waals surface area contributed by atoms with Crippen LogP contribution in [0.4, 0.5) is 5.82 Å². The molecule has 22 heavy (non-hydrogen) atoms. The topological polar surface area (TPSA) is 65.3 Å². The van der Waals surface area contributed by atoms with E-state index in [-0.39, 0.29) is 5.28 Å². The van der Waals surface area contributed by atoms with E-state index in [1.54, 1.807) is 0 Å². The van der Waals surface area contributed by atoms with Crippen LogP contribution in [-0.2, 0) is 21.6 Å². The Morgan fingerprint density at radius 2 is 2.14 bits per heavy atom. The van der Waals surface area contributed by atoms with E-state index < -0.39 is 5.60 Å². The van der Waals surface area contributed by atoms with Crippen LogP contribution >= 0.6 is 11.6 Å². The number of aromatic nitrogens is 4. The summed E-state index contributed by atoms with van der Waals surface area (Å²) in [5.74, 6) is 1.70. The molecule has 0 spiro atoms. The molecule has 3 aliphatic heterocycles. The molecule has 0 N–H and O–H groups in total. The average Bonchev–Trinajstić information content (AvgIpc) is 2.81. The lowest BCUT2D eigenvalue weighted by molar-refractivity contribution is -0.113. The predicted molar refractivity (Wildman–Crippen MR) is 80.2 cm³/mol. The molecule has 2 aromatic rings. The molecule has 5 heterocycles. The highest BCUT2D eigenvalue weighted by Gasteiger charge is 2.49. The second kappa shape index (κ2) is 4.10. The molecule has 0 aromatic carbocycles. The number of imidazole rings is 1. The molecule has 5 rings (SSSR count). The van der Waals surface area contributed by atoms with Crippen molar-refractivity contribution in [2.75, 3.05) is 24.7 Å². The molecule has 7 nitrogen and oxygen atoms in total. The van der Waals surface area contributed by atoms with E-state index in [1.165, 1.54) is 0 Å². The van der Waals surface area contributed by atoms with Crippen LogP contribution in [0, 0.1) is 0 Å². The zero-order chi connectivity index (χ0) is 15.1. The molecular weight excluding hydrogens is 306 g/mol. The highest BCUT2D eigenvalue weighted by Crippen LogP contribution is 2.39. The number of anilines is 1. The molecule has 2 saturated heterocycles. The Hall–Kier alpha value is -1.44. The van der Waals surface area contributed by atoms with Crippen molar-refractivity contribution >= 4 is 28.6 Å². The summed E-state index contributed by atoms with van der Waals surface area (Å²) in [6.45, 7) is 7.02. The summed E-state index contributed by atoms with van der Waals surface area (Å²) in [5, 5.41) is 0.262. The van der Waals surface area contributed by atoms with Gasteiger partial charge in [-0.2, -0.15) is 9.97 Å². The fourth-order valence-electron chi connectivity index (χ4n) is 3.51. The normalized spacial score (nSPS) is 28.8. The number of rotatable bonds is 1. The van der Waals surface area contributed by atoms with E-state index in [0.29, 0.717) is 18.8 Å². The first kappa shape index (κ1) is 13.0. The zero-order valence-corrected chi connectivity index (χ0v) is 13.2. The number of morpholine rings is 1. The van der Waals surface area contributed by atoms with Gasteiger partial charge >= 0.3 is 0 Å². The average molecular weight is 322 g/mol. The van der Waals surface area contributed by atoms with Crippen LogP contribution < -0.4 is 4.90 Å². The summed E-state index contributed by atoms with van der Waals surface area (Å²) >= 11 is 6.17. The number of nitrogens with zero attached hydrogens (tertiary/aromatic N) is 5. The third-order valence-corrected chi connectivity index (χ3v) is 4.99. The minimum Gasteiger partial charge on any atom is -0.372 e. The number of halogens is 1. The minimum atomic E-state index is -0.431. The predicted octanol–water partition coefficient (Wildman–Crippen LogP) is 1.33. The van der Waals surface area contributed by atoms with Crippen LogP contribution in [0.15, 0.2) is 0 Å². The fraction of sp³-hybridized carbons (Fsp3) is 0.643. The van der Waals surface area contributed by atoms with Gasteiger partial charge in [-0.05, 0) is 25.4 Å². The number of ether oxygens (including phenoxy) is 2. The summed E-state index contributed by atoms with van der Waals surface area (Å²) in [6.07, 6.45) is 0.334. The first-order valence-corrected chi connectivity index (χ1v) is 7.89. The molecule has 0 saturated carbocycles. The van der Waals surface area contributed by atoms with Crippen LogP contribution in [0.3, 0.4) is 0 Å². The van der Waals surface area contributed by atoms with Crippen LogP contribution in [0.5, 0.6) is 0 Å². The molecular formula is C14H16ClN5O2. The lowest BCUT2D eigenvalue weighted by Gasteiger charge is -2.55. The zero-order valence-electron chi connectivity index (χ0n) is 12.4. The van der Waals surface area contributed by atoms with Crippen LogP contribution in [-0.4, -0.2) is 51.4 Å². The van der Waals surface area contributed by atoms with E-state index >= 15 is 0 Å². The van der Waals surface area contributed by atoms with Crippen molar-refractivity contribution in [3.05, 3.63) is 11.1 Å². The van der Waals surface area contributed by atoms with Crippen molar-refractivity contribution < 1.29 is 9.47 Å². The molecule has 116 valence electrons. The summed E-state index contributed by atoms with van der Waals surface area (Å²) in [5.41, 5.74) is 1.17.